The highest BCUT2D eigenvalue weighted by Crippen LogP contribution is 2.24. The van der Waals surface area contributed by atoms with Crippen LogP contribution in [0, 0.1) is 5.92 Å². The molecule has 1 aromatic heterocycles. The maximum Gasteiger partial charge on any atom is 0.230 e. The lowest BCUT2D eigenvalue weighted by molar-refractivity contribution is -0.134. The molecule has 8 heteroatoms. The van der Waals surface area contributed by atoms with Crippen molar-refractivity contribution in [3.05, 3.63) is 47.0 Å². The largest absolute Gasteiger partial charge is 0.353 e. The van der Waals surface area contributed by atoms with E-state index in [0.717, 1.165) is 24.8 Å². The Hall–Kier alpha value is -2.74. The molecule has 2 heterocycles. The maximum absolute atomic E-state index is 13.0. The van der Waals surface area contributed by atoms with Gasteiger partial charge in [-0.05, 0) is 24.8 Å². The van der Waals surface area contributed by atoms with Crippen molar-refractivity contribution in [2.45, 2.75) is 58.4 Å². The van der Waals surface area contributed by atoms with Crippen molar-refractivity contribution in [3.8, 4) is 0 Å². The number of thiazole rings is 1. The minimum absolute atomic E-state index is 0.0575. The maximum atomic E-state index is 13.0. The molecule has 2 N–H and O–H groups in total. The number of hydrogen-bond donors (Lipinski definition) is 2. The fourth-order valence-electron chi connectivity index (χ4n) is 3.84. The molecule has 1 aliphatic heterocycles. The number of aromatic nitrogens is 1. The van der Waals surface area contributed by atoms with E-state index in [4.69, 9.17) is 0 Å². The van der Waals surface area contributed by atoms with Gasteiger partial charge in [-0.2, -0.15) is 0 Å². The van der Waals surface area contributed by atoms with Gasteiger partial charge in [0.1, 0.15) is 0 Å². The van der Waals surface area contributed by atoms with E-state index in [9.17, 15) is 14.4 Å². The van der Waals surface area contributed by atoms with E-state index in [1.54, 1.807) is 5.38 Å². The van der Waals surface area contributed by atoms with Crippen molar-refractivity contribution >= 4 is 34.2 Å². The molecule has 1 saturated heterocycles. The van der Waals surface area contributed by atoms with Gasteiger partial charge < -0.3 is 15.5 Å². The number of nitrogens with zero attached hydrogens (tertiary/aromatic N) is 2. The Labute approximate surface area is 193 Å². The molecule has 0 bridgehead atoms. The van der Waals surface area contributed by atoms with Crippen LogP contribution >= 0.6 is 11.3 Å². The van der Waals surface area contributed by atoms with Gasteiger partial charge in [0.15, 0.2) is 5.13 Å². The molecule has 1 atom stereocenters. The number of amides is 3. The SMILES string of the molecule is CCC(C(=O)N1CCC(NC(=O)Cc2csc(NC(=O)C(C)C)n2)CC1)c1ccccc1. The lowest BCUT2D eigenvalue weighted by atomic mass is 9.93. The van der Waals surface area contributed by atoms with Crippen LogP contribution < -0.4 is 10.6 Å². The van der Waals surface area contributed by atoms with Crippen LogP contribution in [0.4, 0.5) is 5.13 Å². The van der Waals surface area contributed by atoms with Gasteiger partial charge >= 0.3 is 0 Å². The minimum Gasteiger partial charge on any atom is -0.353 e. The normalized spacial score (nSPS) is 15.4. The van der Waals surface area contributed by atoms with Gasteiger partial charge in [-0.15, -0.1) is 11.3 Å². The topological polar surface area (TPSA) is 91.4 Å². The van der Waals surface area contributed by atoms with Crippen molar-refractivity contribution in [3.63, 3.8) is 0 Å². The summed E-state index contributed by atoms with van der Waals surface area (Å²) in [6, 6.07) is 9.98. The average Bonchev–Trinajstić information content (AvgIpc) is 3.21. The predicted octanol–water partition coefficient (Wildman–Crippen LogP) is 3.58. The standard InChI is InChI=1S/C24H32N4O3S/c1-4-20(17-8-6-5-7-9-17)23(31)28-12-10-18(11-13-28)25-21(29)14-19-15-32-24(26-19)27-22(30)16(2)3/h5-9,15-16,18,20H,4,10-14H2,1-3H3,(H,25,29)(H,26,27,30). The minimum atomic E-state index is -0.122. The van der Waals surface area contributed by atoms with Crippen LogP contribution in [0.5, 0.6) is 0 Å². The van der Waals surface area contributed by atoms with E-state index in [-0.39, 0.29) is 42.0 Å². The number of anilines is 1. The van der Waals surface area contributed by atoms with Gasteiger partial charge in [0.2, 0.25) is 17.7 Å². The summed E-state index contributed by atoms with van der Waals surface area (Å²) >= 11 is 1.32. The van der Waals surface area contributed by atoms with E-state index >= 15 is 0 Å². The second kappa shape index (κ2) is 11.2. The highest BCUT2D eigenvalue weighted by molar-refractivity contribution is 7.13. The summed E-state index contributed by atoms with van der Waals surface area (Å²) in [5.41, 5.74) is 1.70. The highest BCUT2D eigenvalue weighted by atomic mass is 32.1. The number of rotatable bonds is 8. The molecule has 0 radical (unpaired) electrons. The van der Waals surface area contributed by atoms with Crippen LogP contribution in [0.15, 0.2) is 35.7 Å². The summed E-state index contributed by atoms with van der Waals surface area (Å²) in [6.07, 6.45) is 2.44. The van der Waals surface area contributed by atoms with Crippen molar-refractivity contribution in [1.82, 2.24) is 15.2 Å². The molecule has 32 heavy (non-hydrogen) atoms. The van der Waals surface area contributed by atoms with Gasteiger partial charge in [0, 0.05) is 30.4 Å². The van der Waals surface area contributed by atoms with Crippen LogP contribution in [-0.4, -0.2) is 46.7 Å². The molecule has 7 nitrogen and oxygen atoms in total. The molecule has 1 aromatic carbocycles. The van der Waals surface area contributed by atoms with Gasteiger partial charge in [-0.3, -0.25) is 14.4 Å². The Kier molecular flexibility index (Phi) is 8.39. The summed E-state index contributed by atoms with van der Waals surface area (Å²) in [6.45, 7) is 6.98. The molecule has 3 amide bonds. The molecule has 1 unspecified atom stereocenters. The Bertz CT molecular complexity index is 920. The number of benzene rings is 1. The van der Waals surface area contributed by atoms with Crippen molar-refractivity contribution in [2.75, 3.05) is 18.4 Å². The molecule has 0 spiro atoms. The zero-order valence-electron chi connectivity index (χ0n) is 19.0. The molecule has 0 saturated carbocycles. The smallest absolute Gasteiger partial charge is 0.230 e. The van der Waals surface area contributed by atoms with Crippen molar-refractivity contribution in [1.29, 1.82) is 0 Å². The quantitative estimate of drug-likeness (QED) is 0.635. The van der Waals surface area contributed by atoms with E-state index < -0.39 is 0 Å². The molecular weight excluding hydrogens is 424 g/mol. The number of hydrogen-bond acceptors (Lipinski definition) is 5. The monoisotopic (exact) mass is 456 g/mol. The van der Waals surface area contributed by atoms with Gasteiger partial charge in [0.05, 0.1) is 18.0 Å². The fraction of sp³-hybridized carbons (Fsp3) is 0.500. The first kappa shape index (κ1) is 23.9. The third-order valence-corrected chi connectivity index (χ3v) is 6.53. The zero-order valence-corrected chi connectivity index (χ0v) is 19.8. The second-order valence-corrected chi connectivity index (χ2v) is 9.36. The molecule has 2 aromatic rings. The van der Waals surface area contributed by atoms with E-state index in [1.165, 1.54) is 11.3 Å². The number of piperidine rings is 1. The molecule has 0 aliphatic carbocycles. The average molecular weight is 457 g/mol. The van der Waals surface area contributed by atoms with Crippen molar-refractivity contribution < 1.29 is 14.4 Å². The highest BCUT2D eigenvalue weighted by Gasteiger charge is 2.28. The summed E-state index contributed by atoms with van der Waals surface area (Å²) < 4.78 is 0. The van der Waals surface area contributed by atoms with E-state index in [0.29, 0.717) is 23.9 Å². The molecule has 172 valence electrons. The lowest BCUT2D eigenvalue weighted by Crippen LogP contribution is -2.48. The first-order valence-electron chi connectivity index (χ1n) is 11.3. The van der Waals surface area contributed by atoms with E-state index in [2.05, 4.69) is 15.6 Å². The fourth-order valence-corrected chi connectivity index (χ4v) is 4.55. The summed E-state index contributed by atoms with van der Waals surface area (Å²) in [5.74, 6) is -0.241. The first-order chi connectivity index (χ1) is 15.4. The summed E-state index contributed by atoms with van der Waals surface area (Å²) in [4.78, 5) is 43.5. The molecule has 1 fully saturated rings. The third kappa shape index (κ3) is 6.38. The van der Waals surface area contributed by atoms with E-state index in [1.807, 2.05) is 56.0 Å². The van der Waals surface area contributed by atoms with Crippen molar-refractivity contribution in [2.24, 2.45) is 5.92 Å². The second-order valence-electron chi connectivity index (χ2n) is 8.50. The first-order valence-corrected chi connectivity index (χ1v) is 12.1. The van der Waals surface area contributed by atoms with Crippen LogP contribution in [0.1, 0.15) is 57.2 Å². The van der Waals surface area contributed by atoms with Crippen LogP contribution in [0.25, 0.3) is 0 Å². The zero-order chi connectivity index (χ0) is 23.1. The number of likely N-dealkylation sites (tertiary alicyclic amines) is 1. The Morgan fingerprint density at radius 3 is 2.47 bits per heavy atom. The van der Waals surface area contributed by atoms with Crippen LogP contribution in [-0.2, 0) is 20.8 Å². The number of carbonyl (C=O) groups excluding carboxylic acids is 3. The lowest BCUT2D eigenvalue weighted by Gasteiger charge is -2.34. The Balaban J connectivity index is 1.45. The van der Waals surface area contributed by atoms with Crippen LogP contribution in [0.3, 0.4) is 0 Å². The van der Waals surface area contributed by atoms with Crippen LogP contribution in [0.2, 0.25) is 0 Å². The van der Waals surface area contributed by atoms with Gasteiger partial charge in [-0.25, -0.2) is 4.98 Å². The predicted molar refractivity (Wildman–Crippen MR) is 127 cm³/mol. The molecule has 3 rings (SSSR count). The van der Waals surface area contributed by atoms with Gasteiger partial charge in [0.25, 0.3) is 0 Å². The van der Waals surface area contributed by atoms with Gasteiger partial charge in [-0.1, -0.05) is 51.1 Å². The summed E-state index contributed by atoms with van der Waals surface area (Å²) in [5, 5.41) is 8.14. The molecule has 1 aliphatic rings. The Morgan fingerprint density at radius 1 is 1.16 bits per heavy atom. The Morgan fingerprint density at radius 2 is 1.84 bits per heavy atom. The summed E-state index contributed by atoms with van der Waals surface area (Å²) in [7, 11) is 0. The third-order valence-electron chi connectivity index (χ3n) is 5.73. The number of nitrogens with one attached hydrogen (secondary N) is 2. The number of carbonyl (C=O) groups is 3. The molecular formula is C24H32N4O3S.